The van der Waals surface area contributed by atoms with E-state index < -0.39 is 28.7 Å². The molecule has 0 radical (unpaired) electrons. The minimum absolute atomic E-state index is 0.0744. The Hall–Kier alpha value is -1.36. The Kier molecular flexibility index (Phi) is 6.86. The maximum absolute atomic E-state index is 13.1. The van der Waals surface area contributed by atoms with Crippen molar-refractivity contribution in [2.45, 2.75) is 146 Å². The molecule has 2 N–H and O–H groups in total. The molecule has 0 bridgehead atoms. The van der Waals surface area contributed by atoms with Crippen molar-refractivity contribution in [3.8, 4) is 0 Å². The lowest BCUT2D eigenvalue weighted by Crippen LogP contribution is -2.69. The molecule has 7 aliphatic rings. The number of hydrogen-bond donors (Lipinski definition) is 2. The van der Waals surface area contributed by atoms with Crippen LogP contribution in [0.15, 0.2) is 11.6 Å². The molecule has 9 heteroatoms. The minimum atomic E-state index is -1.19. The molecule has 3 heterocycles. The van der Waals surface area contributed by atoms with Gasteiger partial charge in [0.15, 0.2) is 12.1 Å². The summed E-state index contributed by atoms with van der Waals surface area (Å²) < 4.78 is 30.4. The number of hydrogen-bond acceptors (Lipinski definition) is 9. The molecule has 4 aliphatic carbocycles. The molecule has 9 nitrogen and oxygen atoms in total. The second-order valence-electron chi connectivity index (χ2n) is 15.0. The van der Waals surface area contributed by atoms with Crippen molar-refractivity contribution in [3.63, 3.8) is 0 Å². The van der Waals surface area contributed by atoms with Gasteiger partial charge in [-0.25, -0.2) is 4.79 Å². The van der Waals surface area contributed by atoms with Crippen molar-refractivity contribution in [1.82, 2.24) is 0 Å². The maximum Gasteiger partial charge on any atom is 0.331 e. The summed E-state index contributed by atoms with van der Waals surface area (Å²) in [5, 5.41) is 24.7. The number of carbonyl (C=O) groups excluding carboxylic acids is 2. The van der Waals surface area contributed by atoms with Crippen LogP contribution in [0.5, 0.6) is 0 Å². The normalized spacial score (nSPS) is 55.2. The van der Waals surface area contributed by atoms with Crippen LogP contribution in [-0.4, -0.2) is 76.8 Å². The zero-order valence-corrected chi connectivity index (χ0v) is 25.5. The molecule has 3 aliphatic heterocycles. The third-order valence-electron chi connectivity index (χ3n) is 13.2. The van der Waals surface area contributed by atoms with Crippen LogP contribution >= 0.6 is 0 Å². The standard InChI is InChI=1S/C33H48O9/c1-5-30(4)41-25-15-27(39-19(2)28(25)42-30)40-21-6-11-31(18-34)23-7-10-29(3)22(20-14-26(35)38-17-20)9-13-33(29,37)24(23)8-12-32(31,36)16-21/h14,18-19,21-25,27-28,36-37H,5-13,15-17H2,1-4H3/t19-,21+,22-,23+,24+,25+,27-,28-,29+,30+,31-,32-,33-/m0/s1. The van der Waals surface area contributed by atoms with E-state index >= 15 is 0 Å². The first-order valence-corrected chi connectivity index (χ1v) is 16.3. The van der Waals surface area contributed by atoms with E-state index in [1.807, 2.05) is 20.8 Å². The molecule has 0 aromatic carbocycles. The average molecular weight is 589 g/mol. The topological polar surface area (TPSA) is 121 Å². The summed E-state index contributed by atoms with van der Waals surface area (Å²) in [5.74, 6) is -0.980. The summed E-state index contributed by atoms with van der Waals surface area (Å²) in [6.07, 6.45) is 8.56. The summed E-state index contributed by atoms with van der Waals surface area (Å²) in [6, 6.07) is 0. The molecule has 7 rings (SSSR count). The van der Waals surface area contributed by atoms with E-state index in [0.29, 0.717) is 51.6 Å². The predicted octanol–water partition coefficient (Wildman–Crippen LogP) is 3.97. The average Bonchev–Trinajstić information content (AvgIpc) is 3.61. The summed E-state index contributed by atoms with van der Waals surface area (Å²) in [5.41, 5.74) is -2.44. The summed E-state index contributed by atoms with van der Waals surface area (Å²) >= 11 is 0. The molecule has 6 fully saturated rings. The van der Waals surface area contributed by atoms with Gasteiger partial charge in [-0.15, -0.1) is 0 Å². The Labute approximate surface area is 248 Å². The zero-order valence-electron chi connectivity index (χ0n) is 25.5. The number of cyclic esters (lactones) is 1. The van der Waals surface area contributed by atoms with Crippen molar-refractivity contribution in [3.05, 3.63) is 11.6 Å². The van der Waals surface area contributed by atoms with E-state index in [1.165, 1.54) is 0 Å². The molecule has 0 aromatic rings. The zero-order chi connectivity index (χ0) is 29.7. The number of esters is 1. The molecular weight excluding hydrogens is 540 g/mol. The maximum atomic E-state index is 13.1. The Morgan fingerprint density at radius 1 is 1.05 bits per heavy atom. The molecular formula is C33H48O9. The van der Waals surface area contributed by atoms with Gasteiger partial charge in [0.25, 0.3) is 0 Å². The van der Waals surface area contributed by atoms with Gasteiger partial charge in [0.1, 0.15) is 19.0 Å². The molecule has 42 heavy (non-hydrogen) atoms. The van der Waals surface area contributed by atoms with Crippen LogP contribution < -0.4 is 0 Å². The van der Waals surface area contributed by atoms with Crippen molar-refractivity contribution in [2.24, 2.45) is 28.6 Å². The van der Waals surface area contributed by atoms with Crippen LogP contribution in [0.1, 0.15) is 98.3 Å². The third-order valence-corrected chi connectivity index (χ3v) is 13.2. The first-order chi connectivity index (χ1) is 19.9. The highest BCUT2D eigenvalue weighted by molar-refractivity contribution is 5.85. The van der Waals surface area contributed by atoms with Crippen LogP contribution in [0.25, 0.3) is 0 Å². The lowest BCUT2D eigenvalue weighted by Gasteiger charge is -2.65. The van der Waals surface area contributed by atoms with Crippen molar-refractivity contribution in [1.29, 1.82) is 0 Å². The highest BCUT2D eigenvalue weighted by atomic mass is 16.8. The largest absolute Gasteiger partial charge is 0.458 e. The molecule has 13 atom stereocenters. The van der Waals surface area contributed by atoms with E-state index in [9.17, 15) is 19.8 Å². The van der Waals surface area contributed by atoms with Crippen LogP contribution in [-0.2, 0) is 33.3 Å². The van der Waals surface area contributed by atoms with Gasteiger partial charge in [0.2, 0.25) is 0 Å². The van der Waals surface area contributed by atoms with Crippen LogP contribution in [0, 0.1) is 28.6 Å². The predicted molar refractivity (Wildman–Crippen MR) is 150 cm³/mol. The summed E-state index contributed by atoms with van der Waals surface area (Å²) in [6.45, 7) is 8.49. The second kappa shape index (κ2) is 9.82. The van der Waals surface area contributed by atoms with E-state index in [0.717, 1.165) is 37.5 Å². The monoisotopic (exact) mass is 588 g/mol. The molecule has 0 aromatic heterocycles. The Morgan fingerprint density at radius 2 is 1.83 bits per heavy atom. The van der Waals surface area contributed by atoms with Crippen molar-refractivity contribution in [2.75, 3.05) is 6.61 Å². The van der Waals surface area contributed by atoms with Gasteiger partial charge >= 0.3 is 5.97 Å². The van der Waals surface area contributed by atoms with Gasteiger partial charge < -0.3 is 38.7 Å². The summed E-state index contributed by atoms with van der Waals surface area (Å²) in [7, 11) is 0. The number of aliphatic hydroxyl groups is 2. The Balaban J connectivity index is 1.07. The van der Waals surface area contributed by atoms with Gasteiger partial charge in [-0.1, -0.05) is 13.8 Å². The van der Waals surface area contributed by atoms with E-state index in [2.05, 4.69) is 6.92 Å². The fraction of sp³-hybridized carbons (Fsp3) is 0.879. The molecule has 0 unspecified atom stereocenters. The molecule has 0 amide bonds. The lowest BCUT2D eigenvalue weighted by molar-refractivity contribution is -0.278. The number of ether oxygens (including phenoxy) is 5. The smallest absolute Gasteiger partial charge is 0.331 e. The number of rotatable bonds is 5. The quantitative estimate of drug-likeness (QED) is 0.279. The lowest BCUT2D eigenvalue weighted by atomic mass is 9.41. The Bertz CT molecular complexity index is 1160. The van der Waals surface area contributed by atoms with E-state index in [1.54, 1.807) is 6.08 Å². The first-order valence-electron chi connectivity index (χ1n) is 16.3. The second-order valence-corrected chi connectivity index (χ2v) is 15.0. The fourth-order valence-electron chi connectivity index (χ4n) is 10.8. The molecule has 4 saturated carbocycles. The van der Waals surface area contributed by atoms with Crippen molar-refractivity contribution >= 4 is 12.3 Å². The molecule has 0 spiro atoms. The van der Waals surface area contributed by atoms with Crippen LogP contribution in [0.2, 0.25) is 0 Å². The van der Waals surface area contributed by atoms with Gasteiger partial charge in [-0.2, -0.15) is 0 Å². The summed E-state index contributed by atoms with van der Waals surface area (Å²) in [4.78, 5) is 25.0. The van der Waals surface area contributed by atoms with E-state index in [-0.39, 0.29) is 53.6 Å². The molecule has 2 saturated heterocycles. The third kappa shape index (κ3) is 4.02. The highest BCUT2D eigenvalue weighted by Gasteiger charge is 2.71. The highest BCUT2D eigenvalue weighted by Crippen LogP contribution is 2.70. The molecule has 234 valence electrons. The van der Waals surface area contributed by atoms with E-state index in [4.69, 9.17) is 23.7 Å². The van der Waals surface area contributed by atoms with Gasteiger partial charge in [-0.05, 0) is 95.0 Å². The van der Waals surface area contributed by atoms with Crippen LogP contribution in [0.4, 0.5) is 0 Å². The minimum Gasteiger partial charge on any atom is -0.458 e. The van der Waals surface area contributed by atoms with Gasteiger partial charge in [0.05, 0.1) is 34.9 Å². The van der Waals surface area contributed by atoms with Crippen molar-refractivity contribution < 1.29 is 43.5 Å². The number of carbonyl (C=O) groups is 2. The fourth-order valence-corrected chi connectivity index (χ4v) is 10.8. The van der Waals surface area contributed by atoms with Crippen LogP contribution in [0.3, 0.4) is 0 Å². The number of fused-ring (bicyclic) bond motifs is 6. The first kappa shape index (κ1) is 29.4. The van der Waals surface area contributed by atoms with Gasteiger partial charge in [-0.3, -0.25) is 0 Å². The SMILES string of the molecule is CC[C@@]1(C)O[C@H]2[C@H](C)O[C@@H](O[C@@H]3CC[C@]4(C=O)[C@@H]5CC[C@]6(C)[C@H](C7=CC(=O)OC7)CC[C@]6(O)[C@@H]5CC[C@]4(O)C3)C[C@H]2O1. The number of aldehydes is 1. The van der Waals surface area contributed by atoms with Gasteiger partial charge in [0, 0.05) is 24.3 Å². The Morgan fingerprint density at radius 3 is 2.55 bits per heavy atom.